The van der Waals surface area contributed by atoms with Crippen LogP contribution in [0.15, 0.2) is 40.6 Å². The third-order valence-corrected chi connectivity index (χ3v) is 7.65. The number of hydrogen-bond acceptors (Lipinski definition) is 5. The van der Waals surface area contributed by atoms with Crippen LogP contribution in [0.1, 0.15) is 34.6 Å². The predicted molar refractivity (Wildman–Crippen MR) is 103 cm³/mol. The summed E-state index contributed by atoms with van der Waals surface area (Å²) in [6, 6.07) is 10.3. The Morgan fingerprint density at radius 2 is 1.92 bits per heavy atom. The van der Waals surface area contributed by atoms with E-state index in [0.29, 0.717) is 30.4 Å². The summed E-state index contributed by atoms with van der Waals surface area (Å²) < 4.78 is 26.8. The standard InChI is InChI=1S/C18H24N2O4S2/c1-3-20(4-2)26(23,24)17-9-8-16(25-17)10-11-19-13-14-6-5-7-15(12-14)18(21)22/h5-9,12,19H,3-4,10-11,13H2,1-2H3,(H,21,22). The number of carboxylic acids is 1. The van der Waals surface area contributed by atoms with E-state index in [2.05, 4.69) is 5.32 Å². The van der Waals surface area contributed by atoms with Crippen molar-refractivity contribution >= 4 is 27.3 Å². The lowest BCUT2D eigenvalue weighted by molar-refractivity contribution is 0.0696. The van der Waals surface area contributed by atoms with Gasteiger partial charge >= 0.3 is 5.97 Å². The van der Waals surface area contributed by atoms with Crippen LogP contribution in [-0.4, -0.2) is 43.4 Å². The van der Waals surface area contributed by atoms with E-state index in [1.807, 2.05) is 26.0 Å². The smallest absolute Gasteiger partial charge is 0.335 e. The quantitative estimate of drug-likeness (QED) is 0.603. The van der Waals surface area contributed by atoms with E-state index in [9.17, 15) is 13.2 Å². The van der Waals surface area contributed by atoms with Gasteiger partial charge in [-0.25, -0.2) is 13.2 Å². The first-order valence-electron chi connectivity index (χ1n) is 8.50. The van der Waals surface area contributed by atoms with E-state index in [1.54, 1.807) is 24.3 Å². The second kappa shape index (κ2) is 9.27. The van der Waals surface area contributed by atoms with Crippen LogP contribution in [0.5, 0.6) is 0 Å². The van der Waals surface area contributed by atoms with Crippen LogP contribution in [0.3, 0.4) is 0 Å². The topological polar surface area (TPSA) is 86.7 Å². The number of nitrogens with one attached hydrogen (secondary N) is 1. The predicted octanol–water partition coefficient (Wildman–Crippen LogP) is 2.81. The van der Waals surface area contributed by atoms with E-state index in [4.69, 9.17) is 5.11 Å². The fourth-order valence-corrected chi connectivity index (χ4v) is 5.55. The molecule has 0 aliphatic heterocycles. The summed E-state index contributed by atoms with van der Waals surface area (Å²) in [5.41, 5.74) is 1.18. The average Bonchev–Trinajstić information content (AvgIpc) is 3.09. The van der Waals surface area contributed by atoms with Crippen LogP contribution < -0.4 is 5.32 Å². The molecule has 1 aromatic carbocycles. The van der Waals surface area contributed by atoms with Gasteiger partial charge in [0.25, 0.3) is 10.0 Å². The van der Waals surface area contributed by atoms with E-state index in [0.717, 1.165) is 16.9 Å². The fraction of sp³-hybridized carbons (Fsp3) is 0.389. The Labute approximate surface area is 158 Å². The van der Waals surface area contributed by atoms with Gasteiger partial charge in [-0.05, 0) is 36.2 Å². The number of rotatable bonds is 10. The highest BCUT2D eigenvalue weighted by molar-refractivity contribution is 7.91. The molecule has 0 atom stereocenters. The molecular formula is C18H24N2O4S2. The number of carboxylic acid groups (broad SMARTS) is 1. The Kier molecular flexibility index (Phi) is 7.33. The molecule has 26 heavy (non-hydrogen) atoms. The Balaban J connectivity index is 1.89. The second-order valence-electron chi connectivity index (χ2n) is 5.74. The molecule has 0 amide bonds. The lowest BCUT2D eigenvalue weighted by atomic mass is 10.1. The third-order valence-electron chi connectivity index (χ3n) is 3.99. The summed E-state index contributed by atoms with van der Waals surface area (Å²) >= 11 is 1.30. The molecule has 0 bridgehead atoms. The molecule has 0 spiro atoms. The summed E-state index contributed by atoms with van der Waals surface area (Å²) in [5, 5.41) is 12.3. The van der Waals surface area contributed by atoms with Crippen molar-refractivity contribution in [3.8, 4) is 0 Å². The number of thiophene rings is 1. The maximum absolute atomic E-state index is 12.5. The lowest BCUT2D eigenvalue weighted by Gasteiger charge is -2.16. The molecule has 0 radical (unpaired) electrons. The first kappa shape index (κ1) is 20.6. The van der Waals surface area contributed by atoms with Gasteiger partial charge in [-0.1, -0.05) is 26.0 Å². The van der Waals surface area contributed by atoms with E-state index < -0.39 is 16.0 Å². The van der Waals surface area contributed by atoms with E-state index in [-0.39, 0.29) is 5.56 Å². The molecule has 8 heteroatoms. The van der Waals surface area contributed by atoms with Crippen molar-refractivity contribution in [1.29, 1.82) is 0 Å². The summed E-state index contributed by atoms with van der Waals surface area (Å²) in [5.74, 6) is -0.938. The minimum absolute atomic E-state index is 0.272. The van der Waals surface area contributed by atoms with E-state index >= 15 is 0 Å². The third kappa shape index (κ3) is 5.14. The molecule has 1 aromatic heterocycles. The number of carbonyl (C=O) groups is 1. The average molecular weight is 397 g/mol. The Morgan fingerprint density at radius 3 is 2.58 bits per heavy atom. The molecule has 0 saturated carbocycles. The van der Waals surface area contributed by atoms with Crippen LogP contribution in [0.25, 0.3) is 0 Å². The summed E-state index contributed by atoms with van der Waals surface area (Å²) in [6.07, 6.45) is 0.719. The van der Waals surface area contributed by atoms with Gasteiger partial charge in [0.05, 0.1) is 5.56 Å². The molecule has 0 fully saturated rings. The van der Waals surface area contributed by atoms with Crippen molar-refractivity contribution in [2.24, 2.45) is 0 Å². The first-order chi connectivity index (χ1) is 12.4. The van der Waals surface area contributed by atoms with Gasteiger partial charge in [-0.3, -0.25) is 0 Å². The highest BCUT2D eigenvalue weighted by Crippen LogP contribution is 2.25. The summed E-state index contributed by atoms with van der Waals surface area (Å²) in [7, 11) is -3.39. The minimum Gasteiger partial charge on any atom is -0.478 e. The van der Waals surface area contributed by atoms with Gasteiger partial charge < -0.3 is 10.4 Å². The number of aromatic carboxylic acids is 1. The number of nitrogens with zero attached hydrogens (tertiary/aromatic N) is 1. The van der Waals surface area contributed by atoms with Crippen molar-refractivity contribution < 1.29 is 18.3 Å². The molecule has 2 N–H and O–H groups in total. The fourth-order valence-electron chi connectivity index (χ4n) is 2.58. The largest absolute Gasteiger partial charge is 0.478 e. The van der Waals surface area contributed by atoms with E-state index in [1.165, 1.54) is 15.6 Å². The lowest BCUT2D eigenvalue weighted by Crippen LogP contribution is -2.29. The van der Waals surface area contributed by atoms with Crippen molar-refractivity contribution in [2.45, 2.75) is 31.0 Å². The number of benzene rings is 1. The highest BCUT2D eigenvalue weighted by atomic mass is 32.2. The van der Waals surface area contributed by atoms with Crippen molar-refractivity contribution in [3.05, 3.63) is 52.4 Å². The van der Waals surface area contributed by atoms with Gasteiger partial charge in [-0.15, -0.1) is 11.3 Å². The van der Waals surface area contributed by atoms with Gasteiger partial charge in [-0.2, -0.15) is 4.31 Å². The van der Waals surface area contributed by atoms with Gasteiger partial charge in [0.1, 0.15) is 4.21 Å². The van der Waals surface area contributed by atoms with Gasteiger partial charge in [0.2, 0.25) is 0 Å². The van der Waals surface area contributed by atoms with Crippen LogP contribution in [-0.2, 0) is 23.0 Å². The Morgan fingerprint density at radius 1 is 1.19 bits per heavy atom. The van der Waals surface area contributed by atoms with Crippen molar-refractivity contribution in [2.75, 3.05) is 19.6 Å². The molecule has 2 aromatic rings. The zero-order valence-corrected chi connectivity index (χ0v) is 16.6. The van der Waals surface area contributed by atoms with Crippen molar-refractivity contribution in [1.82, 2.24) is 9.62 Å². The molecule has 0 unspecified atom stereocenters. The first-order valence-corrected chi connectivity index (χ1v) is 10.8. The van der Waals surface area contributed by atoms with Gasteiger partial charge in [0.15, 0.2) is 0 Å². The maximum Gasteiger partial charge on any atom is 0.335 e. The zero-order valence-electron chi connectivity index (χ0n) is 14.9. The summed E-state index contributed by atoms with van der Waals surface area (Å²) in [6.45, 7) is 5.84. The Hall–Kier alpha value is -1.74. The zero-order chi connectivity index (χ0) is 19.2. The van der Waals surface area contributed by atoms with Crippen LogP contribution in [0.4, 0.5) is 0 Å². The van der Waals surface area contributed by atoms with Crippen LogP contribution in [0.2, 0.25) is 0 Å². The van der Waals surface area contributed by atoms with Gasteiger partial charge in [0, 0.05) is 31.1 Å². The van der Waals surface area contributed by atoms with Crippen molar-refractivity contribution in [3.63, 3.8) is 0 Å². The molecule has 2 rings (SSSR count). The highest BCUT2D eigenvalue weighted by Gasteiger charge is 2.23. The molecule has 0 aliphatic rings. The monoisotopic (exact) mass is 396 g/mol. The number of hydrogen-bond donors (Lipinski definition) is 2. The van der Waals surface area contributed by atoms with Crippen LogP contribution in [0, 0.1) is 0 Å². The molecule has 1 heterocycles. The van der Waals surface area contributed by atoms with Crippen LogP contribution >= 0.6 is 11.3 Å². The summed E-state index contributed by atoms with van der Waals surface area (Å²) in [4.78, 5) is 12.0. The Bertz CT molecular complexity index is 842. The molecule has 0 aliphatic carbocycles. The maximum atomic E-state index is 12.5. The second-order valence-corrected chi connectivity index (χ2v) is 9.08. The molecule has 6 nitrogen and oxygen atoms in total. The SMILES string of the molecule is CCN(CC)S(=O)(=O)c1ccc(CCNCc2cccc(C(=O)O)c2)s1. The molecule has 0 saturated heterocycles. The minimum atomic E-state index is -3.39. The normalized spacial score (nSPS) is 11.8. The molecule has 142 valence electrons. The number of sulfonamides is 1. The molecular weight excluding hydrogens is 372 g/mol.